The van der Waals surface area contributed by atoms with Gasteiger partial charge in [0, 0.05) is 26.2 Å². The van der Waals surface area contributed by atoms with Crippen LogP contribution < -0.4 is 9.47 Å². The number of para-hydroxylation sites is 2. The van der Waals surface area contributed by atoms with Gasteiger partial charge in [-0.2, -0.15) is 0 Å². The fourth-order valence-corrected chi connectivity index (χ4v) is 3.33. The van der Waals surface area contributed by atoms with Crippen LogP contribution in [0.2, 0.25) is 0 Å². The highest BCUT2D eigenvalue weighted by molar-refractivity contribution is 5.81. The fraction of sp³-hybridized carbons (Fsp3) is 0.391. The zero-order valence-corrected chi connectivity index (χ0v) is 17.2. The predicted molar refractivity (Wildman–Crippen MR) is 111 cm³/mol. The van der Waals surface area contributed by atoms with E-state index in [0.717, 1.165) is 11.3 Å². The molecular weight excluding hydrogens is 368 g/mol. The Morgan fingerprint density at radius 1 is 0.828 bits per heavy atom. The SMILES string of the molecule is CC(Oc1ccccc1C(C)C)C(=O)N1CCN(C(=O)Oc2ccccc2)CC1. The lowest BCUT2D eigenvalue weighted by molar-refractivity contribution is -0.139. The van der Waals surface area contributed by atoms with Crippen LogP contribution in [-0.2, 0) is 4.79 Å². The first kappa shape index (κ1) is 20.7. The van der Waals surface area contributed by atoms with Crippen LogP contribution in [0.1, 0.15) is 32.3 Å². The summed E-state index contributed by atoms with van der Waals surface area (Å²) < 4.78 is 11.3. The monoisotopic (exact) mass is 396 g/mol. The van der Waals surface area contributed by atoms with Gasteiger partial charge in [-0.05, 0) is 36.6 Å². The first-order valence-electron chi connectivity index (χ1n) is 10.0. The van der Waals surface area contributed by atoms with Crippen molar-refractivity contribution < 1.29 is 19.1 Å². The number of carbonyl (C=O) groups excluding carboxylic acids is 2. The lowest BCUT2D eigenvalue weighted by Crippen LogP contribution is -2.53. The lowest BCUT2D eigenvalue weighted by atomic mass is 10.0. The van der Waals surface area contributed by atoms with Gasteiger partial charge in [0.05, 0.1) is 0 Å². The molecule has 6 nitrogen and oxygen atoms in total. The minimum absolute atomic E-state index is 0.0698. The standard InChI is InChI=1S/C23H28N2O4/c1-17(2)20-11-7-8-12-21(20)28-18(3)22(26)24-13-15-25(16-14-24)23(27)29-19-9-5-4-6-10-19/h4-12,17-18H,13-16H2,1-3H3. The van der Waals surface area contributed by atoms with Gasteiger partial charge in [0.25, 0.3) is 5.91 Å². The molecule has 0 saturated carbocycles. The van der Waals surface area contributed by atoms with Gasteiger partial charge in [0.15, 0.2) is 6.10 Å². The number of benzene rings is 2. The molecule has 0 spiro atoms. The predicted octanol–water partition coefficient (Wildman–Crippen LogP) is 3.92. The summed E-state index contributed by atoms with van der Waals surface area (Å²) >= 11 is 0. The minimum Gasteiger partial charge on any atom is -0.481 e. The Balaban J connectivity index is 1.52. The minimum atomic E-state index is -0.585. The van der Waals surface area contributed by atoms with E-state index in [1.54, 1.807) is 28.9 Å². The number of piperazine rings is 1. The van der Waals surface area contributed by atoms with Gasteiger partial charge < -0.3 is 19.3 Å². The van der Waals surface area contributed by atoms with Crippen LogP contribution in [0.15, 0.2) is 54.6 Å². The molecule has 29 heavy (non-hydrogen) atoms. The highest BCUT2D eigenvalue weighted by atomic mass is 16.6. The second kappa shape index (κ2) is 9.45. The Bertz CT molecular complexity index is 830. The topological polar surface area (TPSA) is 59.1 Å². The molecule has 1 fully saturated rings. The van der Waals surface area contributed by atoms with Crippen LogP contribution >= 0.6 is 0 Å². The van der Waals surface area contributed by atoms with Crippen molar-refractivity contribution >= 4 is 12.0 Å². The Morgan fingerprint density at radius 3 is 2.07 bits per heavy atom. The third kappa shape index (κ3) is 5.28. The molecule has 154 valence electrons. The smallest absolute Gasteiger partial charge is 0.415 e. The molecular formula is C23H28N2O4. The molecule has 0 aromatic heterocycles. The fourth-order valence-electron chi connectivity index (χ4n) is 3.33. The summed E-state index contributed by atoms with van der Waals surface area (Å²) in [6.45, 7) is 7.77. The molecule has 0 radical (unpaired) electrons. The Labute approximate surface area is 172 Å². The first-order chi connectivity index (χ1) is 14.0. The normalized spacial score (nSPS) is 15.2. The average molecular weight is 396 g/mol. The van der Waals surface area contributed by atoms with Gasteiger partial charge in [-0.3, -0.25) is 4.79 Å². The number of hydrogen-bond acceptors (Lipinski definition) is 4. The van der Waals surface area contributed by atoms with Gasteiger partial charge in [-0.1, -0.05) is 50.2 Å². The van der Waals surface area contributed by atoms with Gasteiger partial charge >= 0.3 is 6.09 Å². The van der Waals surface area contributed by atoms with E-state index in [0.29, 0.717) is 37.8 Å². The van der Waals surface area contributed by atoms with Crippen molar-refractivity contribution in [2.75, 3.05) is 26.2 Å². The van der Waals surface area contributed by atoms with Crippen LogP contribution in [0.3, 0.4) is 0 Å². The van der Waals surface area contributed by atoms with Gasteiger partial charge in [0.1, 0.15) is 11.5 Å². The van der Waals surface area contributed by atoms with Crippen LogP contribution in [0.25, 0.3) is 0 Å². The highest BCUT2D eigenvalue weighted by Gasteiger charge is 2.29. The first-order valence-corrected chi connectivity index (χ1v) is 10.0. The van der Waals surface area contributed by atoms with Crippen molar-refractivity contribution in [1.29, 1.82) is 0 Å². The van der Waals surface area contributed by atoms with Crippen molar-refractivity contribution in [3.05, 3.63) is 60.2 Å². The summed E-state index contributed by atoms with van der Waals surface area (Å²) in [7, 11) is 0. The molecule has 2 aromatic rings. The zero-order valence-electron chi connectivity index (χ0n) is 17.2. The van der Waals surface area contributed by atoms with Crippen LogP contribution in [0, 0.1) is 0 Å². The van der Waals surface area contributed by atoms with E-state index in [2.05, 4.69) is 13.8 Å². The van der Waals surface area contributed by atoms with E-state index in [-0.39, 0.29) is 5.91 Å². The summed E-state index contributed by atoms with van der Waals surface area (Å²) in [5.41, 5.74) is 1.08. The van der Waals surface area contributed by atoms with Crippen LogP contribution in [-0.4, -0.2) is 54.1 Å². The van der Waals surface area contributed by atoms with Crippen molar-refractivity contribution in [2.45, 2.75) is 32.8 Å². The van der Waals surface area contributed by atoms with E-state index >= 15 is 0 Å². The lowest BCUT2D eigenvalue weighted by Gasteiger charge is -2.35. The second-order valence-corrected chi connectivity index (χ2v) is 7.45. The molecule has 1 aliphatic rings. The van der Waals surface area contributed by atoms with Crippen molar-refractivity contribution in [1.82, 2.24) is 9.80 Å². The van der Waals surface area contributed by atoms with E-state index in [1.165, 1.54) is 0 Å². The maximum Gasteiger partial charge on any atom is 0.415 e. The number of nitrogens with zero attached hydrogens (tertiary/aromatic N) is 2. The number of hydrogen-bond donors (Lipinski definition) is 0. The largest absolute Gasteiger partial charge is 0.481 e. The van der Waals surface area contributed by atoms with Crippen molar-refractivity contribution in [2.24, 2.45) is 0 Å². The van der Waals surface area contributed by atoms with Gasteiger partial charge in [-0.15, -0.1) is 0 Å². The molecule has 1 saturated heterocycles. The molecule has 1 atom stereocenters. The Morgan fingerprint density at radius 2 is 1.41 bits per heavy atom. The van der Waals surface area contributed by atoms with Crippen molar-refractivity contribution in [3.8, 4) is 11.5 Å². The van der Waals surface area contributed by atoms with E-state index in [4.69, 9.17) is 9.47 Å². The molecule has 6 heteroatoms. The summed E-state index contributed by atoms with van der Waals surface area (Å²) in [4.78, 5) is 28.5. The second-order valence-electron chi connectivity index (χ2n) is 7.45. The van der Waals surface area contributed by atoms with Crippen molar-refractivity contribution in [3.63, 3.8) is 0 Å². The Kier molecular flexibility index (Phi) is 6.75. The van der Waals surface area contributed by atoms with E-state index in [9.17, 15) is 9.59 Å². The van der Waals surface area contributed by atoms with Crippen LogP contribution in [0.4, 0.5) is 4.79 Å². The van der Waals surface area contributed by atoms with Gasteiger partial charge in [0.2, 0.25) is 0 Å². The number of amides is 2. The molecule has 3 rings (SSSR count). The van der Waals surface area contributed by atoms with E-state index in [1.807, 2.05) is 42.5 Å². The maximum absolute atomic E-state index is 12.8. The molecule has 2 aromatic carbocycles. The number of rotatable bonds is 5. The summed E-state index contributed by atoms with van der Waals surface area (Å²) in [6.07, 6.45) is -0.976. The molecule has 2 amide bonds. The molecule has 0 bridgehead atoms. The third-order valence-corrected chi connectivity index (χ3v) is 4.99. The molecule has 0 aliphatic carbocycles. The summed E-state index contributed by atoms with van der Waals surface area (Å²) in [5, 5.41) is 0. The third-order valence-electron chi connectivity index (χ3n) is 4.99. The maximum atomic E-state index is 12.8. The Hall–Kier alpha value is -3.02. The quantitative estimate of drug-likeness (QED) is 0.769. The zero-order chi connectivity index (χ0) is 20.8. The molecule has 0 N–H and O–H groups in total. The summed E-state index contributed by atoms with van der Waals surface area (Å²) in [5.74, 6) is 1.50. The highest BCUT2D eigenvalue weighted by Crippen LogP contribution is 2.27. The molecule has 1 aliphatic heterocycles. The number of ether oxygens (including phenoxy) is 2. The molecule has 1 heterocycles. The summed E-state index contributed by atoms with van der Waals surface area (Å²) in [6, 6.07) is 16.8. The van der Waals surface area contributed by atoms with E-state index < -0.39 is 12.2 Å². The van der Waals surface area contributed by atoms with Gasteiger partial charge in [-0.25, -0.2) is 4.79 Å². The van der Waals surface area contributed by atoms with Crippen LogP contribution in [0.5, 0.6) is 11.5 Å². The number of carbonyl (C=O) groups is 2. The average Bonchev–Trinajstić information content (AvgIpc) is 2.74. The molecule has 1 unspecified atom stereocenters.